The van der Waals surface area contributed by atoms with E-state index in [0.717, 1.165) is 0 Å². The summed E-state index contributed by atoms with van der Waals surface area (Å²) in [7, 11) is -4.04. The summed E-state index contributed by atoms with van der Waals surface area (Å²) in [5, 5.41) is 13.5. The molecule has 0 saturated heterocycles. The number of nitro groups is 1. The molecule has 0 bridgehead atoms. The highest BCUT2D eigenvalue weighted by Crippen LogP contribution is 2.27. The summed E-state index contributed by atoms with van der Waals surface area (Å²) in [5.41, 5.74) is 0.625. The van der Waals surface area contributed by atoms with E-state index in [1.165, 1.54) is 43.3 Å². The average Bonchev–Trinajstić information content (AvgIpc) is 2.64. The summed E-state index contributed by atoms with van der Waals surface area (Å²) in [5.74, 6) is -0.325. The van der Waals surface area contributed by atoms with E-state index in [4.69, 9.17) is 16.3 Å². The standard InChI is InChI=1S/C18H20ClN3O6S/c1-4-28-17-8-7-14(10-15(17)19)29(26,27)21-12(3)18(23)20-16-9-13(22(24)25)6-5-11(16)2/h5-10,12,21H,4H2,1-3H3,(H,20,23)/t12-/m1/s1. The molecule has 2 aromatic carbocycles. The highest BCUT2D eigenvalue weighted by molar-refractivity contribution is 7.89. The predicted octanol–water partition coefficient (Wildman–Crippen LogP) is 3.26. The zero-order chi connectivity index (χ0) is 21.8. The van der Waals surface area contributed by atoms with E-state index in [0.29, 0.717) is 17.9 Å². The molecule has 1 atom stereocenters. The number of ether oxygens (including phenoxy) is 1. The number of benzene rings is 2. The third-order valence-electron chi connectivity index (χ3n) is 3.93. The Morgan fingerprint density at radius 2 is 1.97 bits per heavy atom. The van der Waals surface area contributed by atoms with Gasteiger partial charge in [0.2, 0.25) is 15.9 Å². The Bertz CT molecular complexity index is 1040. The van der Waals surface area contributed by atoms with Crippen LogP contribution in [-0.4, -0.2) is 31.9 Å². The number of hydrogen-bond acceptors (Lipinski definition) is 6. The van der Waals surface area contributed by atoms with Crippen LogP contribution in [0.15, 0.2) is 41.3 Å². The van der Waals surface area contributed by atoms with E-state index in [1.54, 1.807) is 13.8 Å². The molecule has 0 fully saturated rings. The number of non-ortho nitro benzene ring substituents is 1. The molecule has 156 valence electrons. The van der Waals surface area contributed by atoms with Crippen molar-refractivity contribution in [1.29, 1.82) is 0 Å². The smallest absolute Gasteiger partial charge is 0.271 e. The van der Waals surface area contributed by atoms with Gasteiger partial charge in [0.05, 0.1) is 33.2 Å². The average molecular weight is 442 g/mol. The van der Waals surface area contributed by atoms with Crippen molar-refractivity contribution < 1.29 is 22.9 Å². The lowest BCUT2D eigenvalue weighted by molar-refractivity contribution is -0.384. The largest absolute Gasteiger partial charge is 0.492 e. The van der Waals surface area contributed by atoms with Gasteiger partial charge in [-0.15, -0.1) is 0 Å². The van der Waals surface area contributed by atoms with E-state index < -0.39 is 26.9 Å². The lowest BCUT2D eigenvalue weighted by Gasteiger charge is -2.16. The van der Waals surface area contributed by atoms with E-state index >= 15 is 0 Å². The predicted molar refractivity (Wildman–Crippen MR) is 109 cm³/mol. The number of carbonyl (C=O) groups is 1. The summed E-state index contributed by atoms with van der Waals surface area (Å²) in [6, 6.07) is 6.83. The molecule has 29 heavy (non-hydrogen) atoms. The molecule has 0 aliphatic heterocycles. The number of halogens is 1. The first-order valence-electron chi connectivity index (χ1n) is 8.55. The van der Waals surface area contributed by atoms with Gasteiger partial charge in [0.1, 0.15) is 5.75 Å². The number of aryl methyl sites for hydroxylation is 1. The fourth-order valence-corrected chi connectivity index (χ4v) is 3.90. The number of nitro benzene ring substituents is 1. The van der Waals surface area contributed by atoms with Gasteiger partial charge in [0.25, 0.3) is 5.69 Å². The maximum atomic E-state index is 12.6. The van der Waals surface area contributed by atoms with Crippen molar-refractivity contribution >= 4 is 38.9 Å². The van der Waals surface area contributed by atoms with Gasteiger partial charge < -0.3 is 10.1 Å². The molecular weight excluding hydrogens is 422 g/mol. The zero-order valence-corrected chi connectivity index (χ0v) is 17.5. The second-order valence-corrected chi connectivity index (χ2v) is 8.23. The molecule has 9 nitrogen and oxygen atoms in total. The zero-order valence-electron chi connectivity index (χ0n) is 15.9. The highest BCUT2D eigenvalue weighted by atomic mass is 35.5. The number of amides is 1. The summed E-state index contributed by atoms with van der Waals surface area (Å²) in [6.45, 7) is 5.16. The van der Waals surface area contributed by atoms with Crippen molar-refractivity contribution in [3.8, 4) is 5.75 Å². The molecular formula is C18H20ClN3O6S. The van der Waals surface area contributed by atoms with Crippen molar-refractivity contribution in [2.45, 2.75) is 31.7 Å². The highest BCUT2D eigenvalue weighted by Gasteiger charge is 2.24. The van der Waals surface area contributed by atoms with E-state index in [9.17, 15) is 23.3 Å². The van der Waals surface area contributed by atoms with Crippen LogP contribution in [0.1, 0.15) is 19.4 Å². The number of nitrogens with zero attached hydrogens (tertiary/aromatic N) is 1. The first kappa shape index (κ1) is 22.6. The van der Waals surface area contributed by atoms with Gasteiger partial charge in [-0.1, -0.05) is 17.7 Å². The molecule has 0 aliphatic rings. The molecule has 0 radical (unpaired) electrons. The van der Waals surface area contributed by atoms with Crippen LogP contribution in [0.5, 0.6) is 5.75 Å². The molecule has 1 amide bonds. The fourth-order valence-electron chi connectivity index (χ4n) is 2.37. The summed E-state index contributed by atoms with van der Waals surface area (Å²) < 4.78 is 32.6. The molecule has 2 N–H and O–H groups in total. The Morgan fingerprint density at radius 1 is 1.28 bits per heavy atom. The summed E-state index contributed by atoms with van der Waals surface area (Å²) in [6.07, 6.45) is 0. The molecule has 0 aromatic heterocycles. The molecule has 11 heteroatoms. The first-order valence-corrected chi connectivity index (χ1v) is 10.4. The van der Waals surface area contributed by atoms with E-state index in [2.05, 4.69) is 10.0 Å². The lowest BCUT2D eigenvalue weighted by Crippen LogP contribution is -2.41. The van der Waals surface area contributed by atoms with Gasteiger partial charge in [-0.25, -0.2) is 8.42 Å². The van der Waals surface area contributed by atoms with Crippen LogP contribution in [0.4, 0.5) is 11.4 Å². The van der Waals surface area contributed by atoms with Crippen molar-refractivity contribution in [2.75, 3.05) is 11.9 Å². The minimum absolute atomic E-state index is 0.124. The van der Waals surface area contributed by atoms with Gasteiger partial charge in [-0.3, -0.25) is 14.9 Å². The number of anilines is 1. The second kappa shape index (κ2) is 9.21. The third-order valence-corrected chi connectivity index (χ3v) is 5.76. The fraction of sp³-hybridized carbons (Fsp3) is 0.278. The monoisotopic (exact) mass is 441 g/mol. The molecule has 0 spiro atoms. The lowest BCUT2D eigenvalue weighted by atomic mass is 10.1. The Morgan fingerprint density at radius 3 is 2.55 bits per heavy atom. The van der Waals surface area contributed by atoms with Gasteiger partial charge in [-0.2, -0.15) is 4.72 Å². The molecule has 2 aromatic rings. The number of hydrogen-bond donors (Lipinski definition) is 2. The van der Waals surface area contributed by atoms with E-state index in [-0.39, 0.29) is 21.3 Å². The number of nitrogens with one attached hydrogen (secondary N) is 2. The first-order chi connectivity index (χ1) is 13.5. The SMILES string of the molecule is CCOc1ccc(S(=O)(=O)N[C@H](C)C(=O)Nc2cc([N+](=O)[O-])ccc2C)cc1Cl. The number of rotatable bonds is 8. The normalized spacial score (nSPS) is 12.3. The minimum Gasteiger partial charge on any atom is -0.492 e. The molecule has 2 rings (SSSR count). The molecule has 0 heterocycles. The maximum Gasteiger partial charge on any atom is 0.271 e. The van der Waals surface area contributed by atoms with Gasteiger partial charge in [0, 0.05) is 12.1 Å². The third kappa shape index (κ3) is 5.66. The van der Waals surface area contributed by atoms with Crippen LogP contribution in [0.25, 0.3) is 0 Å². The molecule has 0 unspecified atom stereocenters. The van der Waals surface area contributed by atoms with Crippen molar-refractivity contribution in [3.05, 3.63) is 57.1 Å². The van der Waals surface area contributed by atoms with Crippen LogP contribution in [0.3, 0.4) is 0 Å². The maximum absolute atomic E-state index is 12.6. The van der Waals surface area contributed by atoms with Crippen molar-refractivity contribution in [2.24, 2.45) is 0 Å². The van der Waals surface area contributed by atoms with Crippen LogP contribution >= 0.6 is 11.6 Å². The Balaban J connectivity index is 2.15. The van der Waals surface area contributed by atoms with E-state index in [1.807, 2.05) is 0 Å². The van der Waals surface area contributed by atoms with Crippen LogP contribution in [0, 0.1) is 17.0 Å². The van der Waals surface area contributed by atoms with Crippen LogP contribution in [-0.2, 0) is 14.8 Å². The molecule has 0 aliphatic carbocycles. The number of sulfonamides is 1. The van der Waals surface area contributed by atoms with Crippen LogP contribution < -0.4 is 14.8 Å². The van der Waals surface area contributed by atoms with Crippen molar-refractivity contribution in [1.82, 2.24) is 4.72 Å². The van der Waals surface area contributed by atoms with Crippen molar-refractivity contribution in [3.63, 3.8) is 0 Å². The van der Waals surface area contributed by atoms with Gasteiger partial charge in [0.15, 0.2) is 0 Å². The van der Waals surface area contributed by atoms with Gasteiger partial charge in [-0.05, 0) is 44.5 Å². The molecule has 0 saturated carbocycles. The second-order valence-electron chi connectivity index (χ2n) is 6.11. The Kier molecular flexibility index (Phi) is 7.17. The minimum atomic E-state index is -4.04. The topological polar surface area (TPSA) is 128 Å². The number of carbonyl (C=O) groups excluding carboxylic acids is 1. The summed E-state index contributed by atoms with van der Waals surface area (Å²) in [4.78, 5) is 22.6. The summed E-state index contributed by atoms with van der Waals surface area (Å²) >= 11 is 6.03. The van der Waals surface area contributed by atoms with Crippen LogP contribution in [0.2, 0.25) is 5.02 Å². The quantitative estimate of drug-likeness (QED) is 0.478. The Labute approximate surface area is 173 Å². The van der Waals surface area contributed by atoms with Gasteiger partial charge >= 0.3 is 0 Å². The Hall–Kier alpha value is -2.69.